The second-order valence-corrected chi connectivity index (χ2v) is 10.1. The smallest absolute Gasteiger partial charge is 0.335 e. The van der Waals surface area contributed by atoms with E-state index in [1.165, 1.54) is 37.5 Å². The van der Waals surface area contributed by atoms with Crippen LogP contribution in [0.4, 0.5) is 21.9 Å². The van der Waals surface area contributed by atoms with E-state index < -0.39 is 22.8 Å². The first kappa shape index (κ1) is 29.2. The molecule has 2 N–H and O–H groups in total. The maximum absolute atomic E-state index is 13.2. The number of nitro benzene ring substituents is 1. The molecule has 210 valence electrons. The number of methoxy groups -OCH3 is 1. The number of nitrogens with one attached hydrogen (secondary N) is 2. The van der Waals surface area contributed by atoms with E-state index in [-0.39, 0.29) is 41.0 Å². The van der Waals surface area contributed by atoms with Gasteiger partial charge in [0.05, 0.1) is 21.3 Å². The molecule has 1 heterocycles. The molecule has 1 aliphatic rings. The monoisotopic (exact) mass is 670 g/mol. The summed E-state index contributed by atoms with van der Waals surface area (Å²) < 4.78 is 11.7. The van der Waals surface area contributed by atoms with Crippen molar-refractivity contribution in [2.45, 2.75) is 13.8 Å². The van der Waals surface area contributed by atoms with Crippen LogP contribution in [0.25, 0.3) is 6.08 Å². The van der Waals surface area contributed by atoms with Crippen LogP contribution in [-0.4, -0.2) is 42.4 Å². The van der Waals surface area contributed by atoms with E-state index >= 15 is 0 Å². The van der Waals surface area contributed by atoms with Gasteiger partial charge in [0.15, 0.2) is 18.1 Å². The topological polar surface area (TPSA) is 157 Å². The van der Waals surface area contributed by atoms with Crippen molar-refractivity contribution in [1.29, 1.82) is 0 Å². The van der Waals surface area contributed by atoms with E-state index in [9.17, 15) is 29.3 Å². The Bertz CT molecular complexity index is 1640. The predicted octanol–water partition coefficient (Wildman–Crippen LogP) is 4.51. The minimum Gasteiger partial charge on any atom is -0.493 e. The SMILES string of the molecule is COc1cc(/C=C2/C(=O)NC(=O)N(c3cccc([N+](=O)[O-])c3)C2=O)cc(I)c1OCC(=O)Nc1cc(C)ccc1C. The molecule has 1 saturated heterocycles. The Morgan fingerprint density at radius 2 is 1.88 bits per heavy atom. The number of non-ortho nitro benzene ring substituents is 1. The molecule has 0 saturated carbocycles. The Morgan fingerprint density at radius 3 is 2.59 bits per heavy atom. The van der Waals surface area contributed by atoms with Crippen LogP contribution in [0.5, 0.6) is 11.5 Å². The Kier molecular flexibility index (Phi) is 8.66. The van der Waals surface area contributed by atoms with Crippen molar-refractivity contribution in [3.63, 3.8) is 0 Å². The Balaban J connectivity index is 1.57. The summed E-state index contributed by atoms with van der Waals surface area (Å²) in [6, 6.07) is 12.7. The number of hydrogen-bond donors (Lipinski definition) is 2. The average molecular weight is 670 g/mol. The zero-order chi connectivity index (χ0) is 29.8. The molecule has 41 heavy (non-hydrogen) atoms. The summed E-state index contributed by atoms with van der Waals surface area (Å²) in [6.07, 6.45) is 1.26. The molecule has 3 aromatic rings. The van der Waals surface area contributed by atoms with Crippen LogP contribution in [0.15, 0.2) is 60.2 Å². The van der Waals surface area contributed by atoms with Crippen LogP contribution in [0, 0.1) is 27.5 Å². The first-order chi connectivity index (χ1) is 19.5. The van der Waals surface area contributed by atoms with Gasteiger partial charge in [-0.1, -0.05) is 18.2 Å². The highest BCUT2D eigenvalue weighted by molar-refractivity contribution is 14.1. The Morgan fingerprint density at radius 1 is 1.12 bits per heavy atom. The van der Waals surface area contributed by atoms with E-state index in [4.69, 9.17) is 9.47 Å². The molecule has 0 radical (unpaired) electrons. The van der Waals surface area contributed by atoms with Crippen LogP contribution in [-0.2, 0) is 14.4 Å². The number of urea groups is 1. The van der Waals surface area contributed by atoms with Crippen molar-refractivity contribution in [3.8, 4) is 11.5 Å². The van der Waals surface area contributed by atoms with Gasteiger partial charge >= 0.3 is 6.03 Å². The number of imide groups is 2. The van der Waals surface area contributed by atoms with E-state index in [0.717, 1.165) is 17.2 Å². The number of halogens is 1. The van der Waals surface area contributed by atoms with Crippen molar-refractivity contribution in [3.05, 3.63) is 90.5 Å². The number of rotatable bonds is 8. The normalized spacial score (nSPS) is 14.1. The highest BCUT2D eigenvalue weighted by Crippen LogP contribution is 2.35. The van der Waals surface area contributed by atoms with Gasteiger partial charge in [-0.15, -0.1) is 0 Å². The lowest BCUT2D eigenvalue weighted by Gasteiger charge is -2.26. The molecule has 5 amide bonds. The first-order valence-electron chi connectivity index (χ1n) is 12.0. The molecule has 1 fully saturated rings. The number of nitro groups is 1. The zero-order valence-corrected chi connectivity index (χ0v) is 24.2. The van der Waals surface area contributed by atoms with Crippen molar-refractivity contribution in [2.24, 2.45) is 0 Å². The molecule has 4 rings (SSSR count). The average Bonchev–Trinajstić information content (AvgIpc) is 2.92. The number of anilines is 2. The van der Waals surface area contributed by atoms with Gasteiger partial charge in [-0.3, -0.25) is 29.8 Å². The highest BCUT2D eigenvalue weighted by Gasteiger charge is 2.37. The number of nitrogens with zero attached hydrogens (tertiary/aromatic N) is 2. The van der Waals surface area contributed by atoms with Crippen molar-refractivity contribution < 1.29 is 33.6 Å². The number of ether oxygens (including phenoxy) is 2. The summed E-state index contributed by atoms with van der Waals surface area (Å²) in [4.78, 5) is 62.0. The summed E-state index contributed by atoms with van der Waals surface area (Å²) in [5.74, 6) is -1.76. The second kappa shape index (κ2) is 12.2. The van der Waals surface area contributed by atoms with Gasteiger partial charge in [-0.2, -0.15) is 0 Å². The molecule has 13 heteroatoms. The second-order valence-electron chi connectivity index (χ2n) is 8.92. The molecule has 0 atom stereocenters. The number of benzene rings is 3. The van der Waals surface area contributed by atoms with E-state index in [2.05, 4.69) is 10.6 Å². The lowest BCUT2D eigenvalue weighted by molar-refractivity contribution is -0.384. The largest absolute Gasteiger partial charge is 0.493 e. The minimum atomic E-state index is -1.03. The van der Waals surface area contributed by atoms with Gasteiger partial charge in [0.1, 0.15) is 5.57 Å². The number of carbonyl (C=O) groups is 4. The Labute approximate surface area is 247 Å². The van der Waals surface area contributed by atoms with Gasteiger partial charge in [-0.25, -0.2) is 9.69 Å². The molecule has 0 bridgehead atoms. The van der Waals surface area contributed by atoms with E-state index in [1.54, 1.807) is 6.07 Å². The van der Waals surface area contributed by atoms with Crippen LogP contribution in [0.1, 0.15) is 16.7 Å². The first-order valence-corrected chi connectivity index (χ1v) is 13.1. The molecule has 3 aromatic carbocycles. The van der Waals surface area contributed by atoms with Crippen LogP contribution < -0.4 is 25.0 Å². The van der Waals surface area contributed by atoms with Crippen LogP contribution in [0.3, 0.4) is 0 Å². The highest BCUT2D eigenvalue weighted by atomic mass is 127. The number of aryl methyl sites for hydroxylation is 2. The minimum absolute atomic E-state index is 0.0739. The third kappa shape index (κ3) is 6.51. The van der Waals surface area contributed by atoms with Crippen molar-refractivity contribution in [2.75, 3.05) is 23.9 Å². The van der Waals surface area contributed by atoms with Crippen molar-refractivity contribution >= 4 is 69.5 Å². The lowest BCUT2D eigenvalue weighted by atomic mass is 10.1. The summed E-state index contributed by atoms with van der Waals surface area (Å²) in [6.45, 7) is 3.50. The maximum Gasteiger partial charge on any atom is 0.335 e. The summed E-state index contributed by atoms with van der Waals surface area (Å²) in [5, 5.41) is 16.1. The molecule has 0 aromatic heterocycles. The molecule has 0 unspecified atom stereocenters. The molecule has 12 nitrogen and oxygen atoms in total. The lowest BCUT2D eigenvalue weighted by Crippen LogP contribution is -2.54. The quantitative estimate of drug-likeness (QED) is 0.117. The molecular formula is C28H23IN4O8. The van der Waals surface area contributed by atoms with Gasteiger partial charge in [0.25, 0.3) is 23.4 Å². The van der Waals surface area contributed by atoms with Crippen molar-refractivity contribution in [1.82, 2.24) is 5.32 Å². The Hall–Kier alpha value is -4.79. The maximum atomic E-state index is 13.2. The van der Waals surface area contributed by atoms with Gasteiger partial charge in [-0.05, 0) is 83.5 Å². The number of carbonyl (C=O) groups excluding carboxylic acids is 4. The molecular weight excluding hydrogens is 647 g/mol. The molecule has 0 spiro atoms. The van der Waals surface area contributed by atoms with Crippen LogP contribution in [0.2, 0.25) is 0 Å². The van der Waals surface area contributed by atoms with E-state index in [0.29, 0.717) is 19.7 Å². The fraction of sp³-hybridized carbons (Fsp3) is 0.143. The van der Waals surface area contributed by atoms with Gasteiger partial charge in [0, 0.05) is 17.8 Å². The predicted molar refractivity (Wildman–Crippen MR) is 158 cm³/mol. The third-order valence-corrected chi connectivity index (χ3v) is 6.78. The zero-order valence-electron chi connectivity index (χ0n) is 22.0. The fourth-order valence-electron chi connectivity index (χ4n) is 3.96. The molecule has 0 aliphatic carbocycles. The van der Waals surface area contributed by atoms with Gasteiger partial charge < -0.3 is 14.8 Å². The number of amides is 5. The number of hydrogen-bond acceptors (Lipinski definition) is 8. The van der Waals surface area contributed by atoms with Gasteiger partial charge in [0.2, 0.25) is 0 Å². The third-order valence-electron chi connectivity index (χ3n) is 5.98. The van der Waals surface area contributed by atoms with E-state index in [1.807, 2.05) is 54.6 Å². The summed E-state index contributed by atoms with van der Waals surface area (Å²) >= 11 is 1.97. The molecule has 1 aliphatic heterocycles. The fourth-order valence-corrected chi connectivity index (χ4v) is 4.74. The summed E-state index contributed by atoms with van der Waals surface area (Å²) in [5.41, 5.74) is 2.16. The standard InChI is InChI=1S/C28H23IN4O8/c1-15-7-8-16(2)22(9-15)30-24(34)14-41-25-21(29)11-17(12-23(25)40-3)10-20-26(35)31-28(37)32(27(20)36)18-5-4-6-19(13-18)33(38)39/h4-13H,14H2,1-3H3,(H,30,34)(H,31,35,37)/b20-10-. The number of barbiturate groups is 1. The van der Waals surface area contributed by atoms with Crippen LogP contribution >= 0.6 is 22.6 Å². The summed E-state index contributed by atoms with van der Waals surface area (Å²) in [7, 11) is 1.40.